The predicted octanol–water partition coefficient (Wildman–Crippen LogP) is 2.85. The van der Waals surface area contributed by atoms with E-state index in [2.05, 4.69) is 10.6 Å². The number of hydrogen-bond donors (Lipinski definition) is 2. The SMILES string of the molecule is COCCNCC(=O)NC(C)c1ccc(OC2CCCC2)c(OC)c1.Cl. The lowest BCUT2D eigenvalue weighted by Gasteiger charge is -2.19. The van der Waals surface area contributed by atoms with Crippen molar-refractivity contribution in [3.05, 3.63) is 23.8 Å². The Hall–Kier alpha value is -1.50. The summed E-state index contributed by atoms with van der Waals surface area (Å²) in [6.45, 7) is 3.47. The van der Waals surface area contributed by atoms with Gasteiger partial charge in [0.15, 0.2) is 11.5 Å². The maximum Gasteiger partial charge on any atom is 0.234 e. The number of carbonyl (C=O) groups excluding carboxylic acids is 1. The minimum atomic E-state index is -0.105. The van der Waals surface area contributed by atoms with E-state index < -0.39 is 0 Å². The maximum atomic E-state index is 12.0. The molecule has 0 radical (unpaired) electrons. The van der Waals surface area contributed by atoms with Crippen molar-refractivity contribution in [1.82, 2.24) is 10.6 Å². The first-order chi connectivity index (χ1) is 12.1. The van der Waals surface area contributed by atoms with Gasteiger partial charge in [-0.2, -0.15) is 0 Å². The van der Waals surface area contributed by atoms with Crippen LogP contribution in [0.25, 0.3) is 0 Å². The maximum absolute atomic E-state index is 12.0. The number of amides is 1. The molecule has 26 heavy (non-hydrogen) atoms. The highest BCUT2D eigenvalue weighted by molar-refractivity contribution is 5.85. The smallest absolute Gasteiger partial charge is 0.234 e. The van der Waals surface area contributed by atoms with Crippen molar-refractivity contribution in [2.45, 2.75) is 44.8 Å². The van der Waals surface area contributed by atoms with Crippen LogP contribution in [0.1, 0.15) is 44.2 Å². The number of benzene rings is 1. The Morgan fingerprint density at radius 3 is 2.62 bits per heavy atom. The average Bonchev–Trinajstić information content (AvgIpc) is 3.12. The van der Waals surface area contributed by atoms with Crippen LogP contribution in [0.2, 0.25) is 0 Å². The molecule has 2 N–H and O–H groups in total. The average molecular weight is 387 g/mol. The quantitative estimate of drug-likeness (QED) is 0.605. The van der Waals surface area contributed by atoms with Crippen molar-refractivity contribution in [3.8, 4) is 11.5 Å². The summed E-state index contributed by atoms with van der Waals surface area (Å²) in [7, 11) is 3.28. The van der Waals surface area contributed by atoms with Gasteiger partial charge in [-0.3, -0.25) is 4.79 Å². The van der Waals surface area contributed by atoms with Crippen LogP contribution in [0.5, 0.6) is 11.5 Å². The molecule has 0 aromatic heterocycles. The van der Waals surface area contributed by atoms with Crippen molar-refractivity contribution in [1.29, 1.82) is 0 Å². The van der Waals surface area contributed by atoms with Crippen molar-refractivity contribution < 1.29 is 19.0 Å². The second kappa shape index (κ2) is 12.0. The molecule has 1 atom stereocenters. The Bertz CT molecular complexity index is 550. The monoisotopic (exact) mass is 386 g/mol. The fraction of sp³-hybridized carbons (Fsp3) is 0.632. The number of nitrogens with one attached hydrogen (secondary N) is 2. The van der Waals surface area contributed by atoms with Gasteiger partial charge < -0.3 is 24.8 Å². The summed E-state index contributed by atoms with van der Waals surface area (Å²) in [6, 6.07) is 5.75. The van der Waals surface area contributed by atoms with Crippen LogP contribution in [0.4, 0.5) is 0 Å². The van der Waals surface area contributed by atoms with Gasteiger partial charge in [0, 0.05) is 13.7 Å². The number of hydrogen-bond acceptors (Lipinski definition) is 5. The van der Waals surface area contributed by atoms with E-state index in [4.69, 9.17) is 14.2 Å². The molecule has 1 aliphatic carbocycles. The first-order valence-electron chi connectivity index (χ1n) is 8.97. The van der Waals surface area contributed by atoms with Crippen molar-refractivity contribution in [2.24, 2.45) is 0 Å². The molecule has 0 aliphatic heterocycles. The molecule has 148 valence electrons. The third-order valence-electron chi connectivity index (χ3n) is 4.43. The molecule has 1 fully saturated rings. The van der Waals surface area contributed by atoms with Crippen LogP contribution >= 0.6 is 12.4 Å². The number of rotatable bonds is 10. The lowest BCUT2D eigenvalue weighted by molar-refractivity contribution is -0.120. The zero-order valence-electron chi connectivity index (χ0n) is 15.9. The zero-order valence-corrected chi connectivity index (χ0v) is 16.7. The van der Waals surface area contributed by atoms with Gasteiger partial charge in [0.25, 0.3) is 0 Å². The summed E-state index contributed by atoms with van der Waals surface area (Å²) in [4.78, 5) is 12.0. The first-order valence-corrected chi connectivity index (χ1v) is 8.97. The number of halogens is 1. The molecule has 7 heteroatoms. The standard InChI is InChI=1S/C19H30N2O4.ClH/c1-14(21-19(22)13-20-10-11-23-2)15-8-9-17(18(12-15)24-3)25-16-6-4-5-7-16;/h8-9,12,14,16,20H,4-7,10-11,13H2,1-3H3,(H,21,22);1H. The topological polar surface area (TPSA) is 68.8 Å². The molecule has 0 bridgehead atoms. The number of carbonyl (C=O) groups is 1. The summed E-state index contributed by atoms with van der Waals surface area (Å²) in [5, 5.41) is 6.01. The third-order valence-corrected chi connectivity index (χ3v) is 4.43. The van der Waals surface area contributed by atoms with Crippen LogP contribution in [0, 0.1) is 0 Å². The van der Waals surface area contributed by atoms with Crippen molar-refractivity contribution in [3.63, 3.8) is 0 Å². The highest BCUT2D eigenvalue weighted by Crippen LogP contribution is 2.33. The third kappa shape index (κ3) is 7.02. The van der Waals surface area contributed by atoms with Crippen LogP contribution in [-0.2, 0) is 9.53 Å². The van der Waals surface area contributed by atoms with Gasteiger partial charge in [-0.15, -0.1) is 12.4 Å². The van der Waals surface area contributed by atoms with E-state index in [0.29, 0.717) is 18.9 Å². The molecule has 1 unspecified atom stereocenters. The largest absolute Gasteiger partial charge is 0.493 e. The van der Waals surface area contributed by atoms with Crippen molar-refractivity contribution in [2.75, 3.05) is 33.9 Å². The lowest BCUT2D eigenvalue weighted by Crippen LogP contribution is -2.36. The van der Waals surface area contributed by atoms with Gasteiger partial charge in [0.1, 0.15) is 0 Å². The van der Waals surface area contributed by atoms with Gasteiger partial charge in [-0.1, -0.05) is 6.07 Å². The normalized spacial score (nSPS) is 15.2. The molecular weight excluding hydrogens is 356 g/mol. The summed E-state index contributed by atoms with van der Waals surface area (Å²) in [5.74, 6) is 1.44. The van der Waals surface area contributed by atoms with Crippen LogP contribution in [-0.4, -0.2) is 45.9 Å². The van der Waals surface area contributed by atoms with Gasteiger partial charge in [0.2, 0.25) is 5.91 Å². The summed E-state index contributed by atoms with van der Waals surface area (Å²) in [5.41, 5.74) is 0.987. The molecule has 2 rings (SSSR count). The lowest BCUT2D eigenvalue weighted by atomic mass is 10.1. The van der Waals surface area contributed by atoms with E-state index in [-0.39, 0.29) is 37.0 Å². The van der Waals surface area contributed by atoms with E-state index >= 15 is 0 Å². The van der Waals surface area contributed by atoms with Gasteiger partial charge in [0.05, 0.1) is 32.4 Å². The molecule has 1 amide bonds. The summed E-state index contributed by atoms with van der Waals surface area (Å²) < 4.78 is 16.5. The number of methoxy groups -OCH3 is 2. The summed E-state index contributed by atoms with van der Waals surface area (Å²) in [6.07, 6.45) is 4.95. The van der Waals surface area contributed by atoms with Gasteiger partial charge in [-0.05, 0) is 50.3 Å². The summed E-state index contributed by atoms with van der Waals surface area (Å²) >= 11 is 0. The van der Waals surface area contributed by atoms with E-state index in [1.165, 1.54) is 12.8 Å². The second-order valence-electron chi connectivity index (χ2n) is 6.39. The van der Waals surface area contributed by atoms with E-state index in [9.17, 15) is 4.79 Å². The fourth-order valence-corrected chi connectivity index (χ4v) is 2.99. The Morgan fingerprint density at radius 2 is 1.96 bits per heavy atom. The highest BCUT2D eigenvalue weighted by atomic mass is 35.5. The molecule has 0 saturated heterocycles. The highest BCUT2D eigenvalue weighted by Gasteiger charge is 2.19. The van der Waals surface area contributed by atoms with Crippen LogP contribution in [0.15, 0.2) is 18.2 Å². The Morgan fingerprint density at radius 1 is 1.23 bits per heavy atom. The molecule has 0 spiro atoms. The van der Waals surface area contributed by atoms with Gasteiger partial charge in [-0.25, -0.2) is 0 Å². The molecule has 1 aliphatic rings. The molecule has 1 aromatic carbocycles. The second-order valence-corrected chi connectivity index (χ2v) is 6.39. The van der Waals surface area contributed by atoms with E-state index in [1.54, 1.807) is 14.2 Å². The van der Waals surface area contributed by atoms with Crippen molar-refractivity contribution >= 4 is 18.3 Å². The fourth-order valence-electron chi connectivity index (χ4n) is 2.99. The number of ether oxygens (including phenoxy) is 3. The molecule has 1 aromatic rings. The van der Waals surface area contributed by atoms with Crippen LogP contribution < -0.4 is 20.1 Å². The zero-order chi connectivity index (χ0) is 18.1. The molecular formula is C19H31ClN2O4. The van der Waals surface area contributed by atoms with E-state index in [0.717, 1.165) is 24.2 Å². The minimum Gasteiger partial charge on any atom is -0.493 e. The Balaban J connectivity index is 0.00000338. The van der Waals surface area contributed by atoms with E-state index in [1.807, 2.05) is 25.1 Å². The Kier molecular flexibility index (Phi) is 10.4. The van der Waals surface area contributed by atoms with Gasteiger partial charge >= 0.3 is 0 Å². The molecule has 6 nitrogen and oxygen atoms in total. The Labute approximate surface area is 162 Å². The molecule has 0 heterocycles. The predicted molar refractivity (Wildman–Crippen MR) is 104 cm³/mol. The first kappa shape index (κ1) is 22.5. The van der Waals surface area contributed by atoms with Crippen LogP contribution in [0.3, 0.4) is 0 Å². The molecule has 1 saturated carbocycles. The minimum absolute atomic E-state index is 0.